The molecule has 0 N–H and O–H groups in total. The van der Waals surface area contributed by atoms with Gasteiger partial charge in [0.2, 0.25) is 5.69 Å². The standard InChI is InChI=1S/C22H34NSi/c1-15(2)18-11-10-17(5)19(12-18)21-13-22(24(7,8)9)20(16(3)4)14-23(21)6/h10-16H,1-9H3/q+1. The van der Waals surface area contributed by atoms with E-state index >= 15 is 0 Å². The highest BCUT2D eigenvalue weighted by Gasteiger charge is 2.27. The summed E-state index contributed by atoms with van der Waals surface area (Å²) in [6.07, 6.45) is 2.37. The number of aromatic nitrogens is 1. The van der Waals surface area contributed by atoms with Gasteiger partial charge < -0.3 is 0 Å². The second-order valence-electron chi connectivity index (χ2n) is 8.77. The molecule has 130 valence electrons. The SMILES string of the molecule is Cc1ccc(C(C)C)cc1-c1cc([Si](C)(C)C)c(C(C)C)c[n+]1C. The monoisotopic (exact) mass is 340 g/mol. The Kier molecular flexibility index (Phi) is 5.39. The van der Waals surface area contributed by atoms with Gasteiger partial charge in [-0.05, 0) is 41.1 Å². The van der Waals surface area contributed by atoms with Crippen molar-refractivity contribution < 1.29 is 4.57 Å². The average Bonchev–Trinajstić information content (AvgIpc) is 2.46. The van der Waals surface area contributed by atoms with E-state index in [-0.39, 0.29) is 0 Å². The van der Waals surface area contributed by atoms with Gasteiger partial charge >= 0.3 is 0 Å². The normalized spacial score (nSPS) is 12.3. The Hall–Kier alpha value is -1.41. The van der Waals surface area contributed by atoms with Crippen molar-refractivity contribution in [2.75, 3.05) is 0 Å². The van der Waals surface area contributed by atoms with Gasteiger partial charge in [0.15, 0.2) is 6.20 Å². The van der Waals surface area contributed by atoms with E-state index in [4.69, 9.17) is 0 Å². The van der Waals surface area contributed by atoms with Gasteiger partial charge in [-0.15, -0.1) is 0 Å². The van der Waals surface area contributed by atoms with Crippen LogP contribution in [0.3, 0.4) is 0 Å². The van der Waals surface area contributed by atoms with Crippen molar-refractivity contribution in [3.8, 4) is 11.3 Å². The number of hydrogen-bond donors (Lipinski definition) is 0. The summed E-state index contributed by atoms with van der Waals surface area (Å²) in [6, 6.07) is 9.41. The Balaban J connectivity index is 2.74. The molecule has 24 heavy (non-hydrogen) atoms. The number of rotatable bonds is 4. The number of pyridine rings is 1. The van der Waals surface area contributed by atoms with Gasteiger partial charge in [-0.25, -0.2) is 4.57 Å². The first-order chi connectivity index (χ1) is 11.0. The number of nitrogens with zero attached hydrogens (tertiary/aromatic N) is 1. The quantitative estimate of drug-likeness (QED) is 0.527. The molecule has 1 heterocycles. The lowest BCUT2D eigenvalue weighted by molar-refractivity contribution is -0.660. The van der Waals surface area contributed by atoms with Gasteiger partial charge in [-0.1, -0.05) is 59.5 Å². The minimum atomic E-state index is -1.39. The summed E-state index contributed by atoms with van der Waals surface area (Å²) in [5.41, 5.74) is 7.00. The highest BCUT2D eigenvalue weighted by molar-refractivity contribution is 6.89. The van der Waals surface area contributed by atoms with Crippen molar-refractivity contribution in [3.63, 3.8) is 0 Å². The minimum Gasteiger partial charge on any atom is -0.201 e. The van der Waals surface area contributed by atoms with Crippen LogP contribution in [0.15, 0.2) is 30.5 Å². The third-order valence-corrected chi connectivity index (χ3v) is 6.99. The molecule has 0 aliphatic carbocycles. The minimum absolute atomic E-state index is 0.557. The van der Waals surface area contributed by atoms with E-state index in [2.05, 4.69) is 96.3 Å². The third kappa shape index (κ3) is 3.80. The maximum absolute atomic E-state index is 2.48. The highest BCUT2D eigenvalue weighted by Crippen LogP contribution is 2.26. The fraction of sp³-hybridized carbons (Fsp3) is 0.500. The molecular weight excluding hydrogens is 306 g/mol. The molecule has 2 rings (SSSR count). The van der Waals surface area contributed by atoms with Crippen LogP contribution in [0, 0.1) is 6.92 Å². The Morgan fingerprint density at radius 3 is 2.04 bits per heavy atom. The zero-order valence-electron chi connectivity index (χ0n) is 17.0. The van der Waals surface area contributed by atoms with Crippen molar-refractivity contribution >= 4 is 13.3 Å². The first kappa shape index (κ1) is 18.9. The second-order valence-corrected chi connectivity index (χ2v) is 13.8. The van der Waals surface area contributed by atoms with Gasteiger partial charge in [0, 0.05) is 17.2 Å². The van der Waals surface area contributed by atoms with Crippen LogP contribution in [0.5, 0.6) is 0 Å². The fourth-order valence-electron chi connectivity index (χ4n) is 3.32. The zero-order chi connectivity index (χ0) is 18.2. The molecule has 1 nitrogen and oxygen atoms in total. The van der Waals surface area contributed by atoms with E-state index in [1.54, 1.807) is 5.19 Å². The highest BCUT2D eigenvalue weighted by atomic mass is 28.3. The van der Waals surface area contributed by atoms with E-state index in [0.717, 1.165) is 0 Å². The molecule has 0 bridgehead atoms. The van der Waals surface area contributed by atoms with Crippen LogP contribution in [0.4, 0.5) is 0 Å². The molecule has 0 amide bonds. The molecule has 0 radical (unpaired) electrons. The summed E-state index contributed by atoms with van der Waals surface area (Å²) < 4.78 is 2.32. The van der Waals surface area contributed by atoms with Gasteiger partial charge in [-0.2, -0.15) is 0 Å². The predicted octanol–water partition coefficient (Wildman–Crippen LogP) is 5.28. The molecule has 1 aromatic heterocycles. The molecule has 0 unspecified atom stereocenters. The molecule has 1 aromatic carbocycles. The Morgan fingerprint density at radius 1 is 0.917 bits per heavy atom. The average molecular weight is 341 g/mol. The number of hydrogen-bond acceptors (Lipinski definition) is 0. The van der Waals surface area contributed by atoms with Crippen molar-refractivity contribution in [1.29, 1.82) is 0 Å². The Bertz CT molecular complexity index is 736. The largest absolute Gasteiger partial charge is 0.212 e. The Morgan fingerprint density at radius 2 is 1.54 bits per heavy atom. The topological polar surface area (TPSA) is 3.88 Å². The van der Waals surface area contributed by atoms with Crippen LogP contribution in [0.1, 0.15) is 56.2 Å². The molecular formula is C22H34NSi+. The van der Waals surface area contributed by atoms with Crippen LogP contribution in [-0.4, -0.2) is 8.07 Å². The lowest BCUT2D eigenvalue weighted by Crippen LogP contribution is -2.45. The number of aryl methyl sites for hydroxylation is 2. The fourth-order valence-corrected chi connectivity index (χ4v) is 5.11. The maximum Gasteiger partial charge on any atom is 0.212 e. The van der Waals surface area contributed by atoms with Gasteiger partial charge in [0.05, 0.1) is 8.07 Å². The first-order valence-corrected chi connectivity index (χ1v) is 12.7. The van der Waals surface area contributed by atoms with Crippen LogP contribution >= 0.6 is 0 Å². The molecule has 0 spiro atoms. The summed E-state index contributed by atoms with van der Waals surface area (Å²) in [5, 5.41) is 1.60. The smallest absolute Gasteiger partial charge is 0.201 e. The molecule has 0 atom stereocenters. The van der Waals surface area contributed by atoms with Crippen LogP contribution in [0.2, 0.25) is 19.6 Å². The number of benzene rings is 1. The summed E-state index contributed by atoms with van der Waals surface area (Å²) in [6.45, 7) is 18.7. The summed E-state index contributed by atoms with van der Waals surface area (Å²) in [7, 11) is 0.797. The van der Waals surface area contributed by atoms with Crippen molar-refractivity contribution in [3.05, 3.63) is 47.2 Å². The van der Waals surface area contributed by atoms with E-state index < -0.39 is 8.07 Å². The van der Waals surface area contributed by atoms with E-state index in [9.17, 15) is 0 Å². The van der Waals surface area contributed by atoms with Crippen LogP contribution in [-0.2, 0) is 7.05 Å². The molecule has 2 aromatic rings. The third-order valence-electron chi connectivity index (χ3n) is 4.94. The molecule has 0 aliphatic heterocycles. The van der Waals surface area contributed by atoms with Crippen molar-refractivity contribution in [2.45, 2.75) is 66.1 Å². The van der Waals surface area contributed by atoms with Crippen molar-refractivity contribution in [1.82, 2.24) is 0 Å². The van der Waals surface area contributed by atoms with Crippen LogP contribution < -0.4 is 9.75 Å². The lowest BCUT2D eigenvalue weighted by Gasteiger charge is -2.23. The van der Waals surface area contributed by atoms with E-state index in [1.165, 1.54) is 27.9 Å². The predicted molar refractivity (Wildman–Crippen MR) is 109 cm³/mol. The Labute approximate surface area is 149 Å². The maximum atomic E-state index is 2.48. The first-order valence-electron chi connectivity index (χ1n) is 9.17. The van der Waals surface area contributed by atoms with E-state index in [1.807, 2.05) is 0 Å². The zero-order valence-corrected chi connectivity index (χ0v) is 18.0. The molecule has 0 fully saturated rings. The summed E-state index contributed by atoms with van der Waals surface area (Å²) in [4.78, 5) is 0. The van der Waals surface area contributed by atoms with Gasteiger partial charge in [0.25, 0.3) is 0 Å². The molecule has 2 heteroatoms. The molecule has 0 aliphatic rings. The second kappa shape index (κ2) is 6.83. The lowest BCUT2D eigenvalue weighted by atomic mass is 9.95. The van der Waals surface area contributed by atoms with Crippen molar-refractivity contribution in [2.24, 2.45) is 7.05 Å². The molecule has 0 saturated carbocycles. The summed E-state index contributed by atoms with van der Waals surface area (Å²) >= 11 is 0. The summed E-state index contributed by atoms with van der Waals surface area (Å²) in [5.74, 6) is 1.12. The van der Waals surface area contributed by atoms with Gasteiger partial charge in [0.1, 0.15) is 7.05 Å². The molecule has 0 saturated heterocycles. The van der Waals surface area contributed by atoms with Crippen LogP contribution in [0.25, 0.3) is 11.3 Å². The van der Waals surface area contributed by atoms with E-state index in [0.29, 0.717) is 11.8 Å². The van der Waals surface area contributed by atoms with Gasteiger partial charge in [-0.3, -0.25) is 0 Å².